The molecule has 0 spiro atoms. The molecule has 5 aromatic carbocycles. The molecule has 0 bridgehead atoms. The summed E-state index contributed by atoms with van der Waals surface area (Å²) < 4.78 is 72.7. The Balaban J connectivity index is 2.09. The second kappa shape index (κ2) is 11.3. The summed E-state index contributed by atoms with van der Waals surface area (Å²) >= 11 is 0. The van der Waals surface area contributed by atoms with Gasteiger partial charge in [-0.1, -0.05) is 11.6 Å². The SMILES string of the molecule is COc1c(NCS(=O)(=O)O)c2c(=O)cc(CO)c3c4c(CO)cc(=O)c5c(O)c(CCS(=O)(=O)O)c6c(c(c1C(C(C)=O)C(C)=C6)c23)c54. The van der Waals surface area contributed by atoms with Gasteiger partial charge in [0.15, 0.2) is 10.9 Å². The Morgan fingerprint density at radius 1 is 0.854 bits per heavy atom. The zero-order valence-electron chi connectivity index (χ0n) is 25.7. The number of allylic oxidation sites excluding steroid dienone is 1. The average molecular weight is 700 g/mol. The lowest BCUT2D eigenvalue weighted by Crippen LogP contribution is -2.19. The summed E-state index contributed by atoms with van der Waals surface area (Å²) in [6.45, 7) is 1.45. The minimum atomic E-state index is -4.69. The number of aliphatic hydroxyl groups excluding tert-OH is 2. The summed E-state index contributed by atoms with van der Waals surface area (Å²) in [7, 11) is -8.05. The molecular weight excluding hydrogens is 670 g/mol. The summed E-state index contributed by atoms with van der Waals surface area (Å²) in [6, 6.07) is 2.16. The van der Waals surface area contributed by atoms with Crippen LogP contribution in [0.5, 0.6) is 11.5 Å². The summed E-state index contributed by atoms with van der Waals surface area (Å²) in [6.07, 6.45) is 1.04. The van der Waals surface area contributed by atoms with Crippen molar-refractivity contribution in [2.75, 3.05) is 24.1 Å². The fourth-order valence-electron chi connectivity index (χ4n) is 7.33. The lowest BCUT2D eigenvalue weighted by Gasteiger charge is -2.27. The third-order valence-corrected chi connectivity index (χ3v) is 10.2. The van der Waals surface area contributed by atoms with Gasteiger partial charge in [0.2, 0.25) is 0 Å². The number of nitrogens with one attached hydrogen (secondary N) is 1. The number of carbonyl (C=O) groups is 1. The van der Waals surface area contributed by atoms with Gasteiger partial charge in [0.25, 0.3) is 20.2 Å². The molecule has 16 heteroatoms. The van der Waals surface area contributed by atoms with Crippen LogP contribution in [-0.4, -0.2) is 65.8 Å². The van der Waals surface area contributed by atoms with Crippen molar-refractivity contribution >= 4 is 80.9 Å². The van der Waals surface area contributed by atoms with Gasteiger partial charge in [-0.2, -0.15) is 16.8 Å². The molecule has 6 rings (SSSR count). The Hall–Kier alpha value is -4.45. The first kappa shape index (κ1) is 33.5. The van der Waals surface area contributed by atoms with Crippen molar-refractivity contribution < 1.29 is 50.8 Å². The Bertz CT molecular complexity index is 2610. The molecule has 1 atom stereocenters. The number of ketones is 1. The van der Waals surface area contributed by atoms with Crippen LogP contribution in [0, 0.1) is 0 Å². The number of hydrogen-bond acceptors (Lipinski definition) is 12. The van der Waals surface area contributed by atoms with Gasteiger partial charge in [0, 0.05) is 21.9 Å². The van der Waals surface area contributed by atoms with Crippen LogP contribution in [0.15, 0.2) is 27.3 Å². The Morgan fingerprint density at radius 3 is 1.92 bits per heavy atom. The number of hydrogen-bond donors (Lipinski definition) is 6. The smallest absolute Gasteiger partial charge is 0.283 e. The standard InChI is InChI=1S/C32H29NO13S2/c1-12-6-17-16(4-5-47(40,41)42)31(39)25-19(38)8-15(10-35)21-22-14(9-34)7-18(37)24-27(22)28(23(17)26(21)25)29(20(12)13(2)36)32(46-3)30(24)33-11-48(43,44)45/h6-8,20,33-35,39H,4-5,9-11H2,1-3H3,(H,40,41,42)(H,43,44,45). The maximum Gasteiger partial charge on any atom is 0.283 e. The van der Waals surface area contributed by atoms with Gasteiger partial charge in [-0.25, -0.2) is 0 Å². The van der Waals surface area contributed by atoms with Crippen molar-refractivity contribution in [2.24, 2.45) is 0 Å². The van der Waals surface area contributed by atoms with Crippen LogP contribution in [0.3, 0.4) is 0 Å². The first-order valence-electron chi connectivity index (χ1n) is 14.5. The van der Waals surface area contributed by atoms with Crippen molar-refractivity contribution in [2.45, 2.75) is 39.4 Å². The molecule has 0 saturated heterocycles. The molecule has 1 aliphatic rings. The van der Waals surface area contributed by atoms with Crippen LogP contribution in [0.25, 0.3) is 49.2 Å². The van der Waals surface area contributed by atoms with E-state index in [1.165, 1.54) is 20.1 Å². The summed E-state index contributed by atoms with van der Waals surface area (Å²) in [5.74, 6) is -4.25. The van der Waals surface area contributed by atoms with E-state index in [0.717, 1.165) is 12.1 Å². The Morgan fingerprint density at radius 2 is 1.42 bits per heavy atom. The number of rotatable bonds is 10. The number of aromatic hydroxyl groups is 1. The van der Waals surface area contributed by atoms with Crippen molar-refractivity contribution in [1.29, 1.82) is 0 Å². The first-order valence-corrected chi connectivity index (χ1v) is 17.7. The Labute approximate surface area is 272 Å². The van der Waals surface area contributed by atoms with Gasteiger partial charge in [-0.05, 0) is 70.6 Å². The van der Waals surface area contributed by atoms with E-state index in [1.54, 1.807) is 6.92 Å². The lowest BCUT2D eigenvalue weighted by molar-refractivity contribution is -0.117. The average Bonchev–Trinajstić information content (AvgIpc) is 3.12. The number of anilines is 1. The molecule has 0 aromatic heterocycles. The topological polar surface area (TPSA) is 242 Å². The number of benzene rings is 5. The highest BCUT2D eigenvalue weighted by Crippen LogP contribution is 2.56. The number of phenols is 1. The fraction of sp³-hybridized carbons (Fsp3) is 0.281. The first-order chi connectivity index (χ1) is 22.4. The molecule has 0 amide bonds. The normalized spacial score (nSPS) is 15.1. The molecule has 0 radical (unpaired) electrons. The number of carbonyl (C=O) groups excluding carboxylic acids is 1. The van der Waals surface area contributed by atoms with Gasteiger partial charge in [0.1, 0.15) is 23.2 Å². The second-order valence-corrected chi connectivity index (χ2v) is 14.8. The molecule has 1 unspecified atom stereocenters. The van der Waals surface area contributed by atoms with Crippen LogP contribution in [-0.2, 0) is 44.7 Å². The van der Waals surface area contributed by atoms with E-state index < -0.39 is 79.8 Å². The predicted octanol–water partition coefficient (Wildman–Crippen LogP) is 2.37. The molecule has 1 aliphatic carbocycles. The molecule has 14 nitrogen and oxygen atoms in total. The van der Waals surface area contributed by atoms with E-state index in [4.69, 9.17) is 4.74 Å². The molecular formula is C32H29NO13S2. The van der Waals surface area contributed by atoms with Crippen molar-refractivity contribution in [3.05, 3.63) is 66.0 Å². The zero-order chi connectivity index (χ0) is 35.2. The van der Waals surface area contributed by atoms with Crippen LogP contribution >= 0.6 is 0 Å². The monoisotopic (exact) mass is 699 g/mol. The van der Waals surface area contributed by atoms with E-state index >= 15 is 0 Å². The maximum atomic E-state index is 14.0. The Kier molecular flexibility index (Phi) is 7.89. The van der Waals surface area contributed by atoms with Gasteiger partial charge in [0.05, 0.1) is 48.5 Å². The van der Waals surface area contributed by atoms with Crippen LogP contribution in [0.4, 0.5) is 5.69 Å². The summed E-state index contributed by atoms with van der Waals surface area (Å²) in [4.78, 5) is 41.2. The maximum absolute atomic E-state index is 14.0. The van der Waals surface area contributed by atoms with Crippen LogP contribution in [0.2, 0.25) is 0 Å². The molecule has 252 valence electrons. The zero-order valence-corrected chi connectivity index (χ0v) is 27.3. The molecule has 0 saturated carbocycles. The number of fused-ring (bicyclic) bond motifs is 1. The van der Waals surface area contributed by atoms with Crippen LogP contribution < -0.4 is 20.9 Å². The second-order valence-electron chi connectivity index (χ2n) is 11.8. The number of phenolic OH excluding ortho intramolecular Hbond substituents is 1. The van der Waals surface area contributed by atoms with Crippen LogP contribution in [0.1, 0.15) is 47.6 Å². The third-order valence-electron chi connectivity index (χ3n) is 8.96. The highest BCUT2D eigenvalue weighted by atomic mass is 32.2. The molecule has 5 aromatic rings. The fourth-order valence-corrected chi connectivity index (χ4v) is 8.12. The van der Waals surface area contributed by atoms with Gasteiger partial charge in [-0.3, -0.25) is 23.5 Å². The number of ether oxygens (including phenoxy) is 1. The lowest BCUT2D eigenvalue weighted by atomic mass is 9.78. The number of methoxy groups -OCH3 is 1. The third kappa shape index (κ3) is 4.94. The summed E-state index contributed by atoms with van der Waals surface area (Å²) in [5, 5.41) is 35.7. The van der Waals surface area contributed by atoms with E-state index in [1.807, 2.05) is 0 Å². The highest BCUT2D eigenvalue weighted by Gasteiger charge is 2.37. The number of aliphatic hydroxyl groups is 2. The summed E-state index contributed by atoms with van der Waals surface area (Å²) in [5.41, 5.74) is -0.988. The molecule has 0 heterocycles. The highest BCUT2D eigenvalue weighted by molar-refractivity contribution is 7.86. The predicted molar refractivity (Wildman–Crippen MR) is 179 cm³/mol. The van der Waals surface area contributed by atoms with E-state index in [9.17, 15) is 55.6 Å². The van der Waals surface area contributed by atoms with E-state index in [0.29, 0.717) is 5.57 Å². The van der Waals surface area contributed by atoms with E-state index in [2.05, 4.69) is 5.32 Å². The van der Waals surface area contributed by atoms with Gasteiger partial charge >= 0.3 is 0 Å². The van der Waals surface area contributed by atoms with Crippen molar-refractivity contribution in [3.8, 4) is 11.5 Å². The number of Topliss-reactive ketones (excluding diaryl/α,β-unsaturated/α-hetero) is 1. The van der Waals surface area contributed by atoms with Gasteiger partial charge < -0.3 is 25.4 Å². The molecule has 0 aliphatic heterocycles. The van der Waals surface area contributed by atoms with Crippen molar-refractivity contribution in [3.63, 3.8) is 0 Å². The van der Waals surface area contributed by atoms with E-state index in [-0.39, 0.29) is 82.3 Å². The molecule has 6 N–H and O–H groups in total. The minimum absolute atomic E-state index is 0.0469. The van der Waals surface area contributed by atoms with Gasteiger partial charge in [-0.15, -0.1) is 0 Å². The minimum Gasteiger partial charge on any atom is -0.507 e. The molecule has 0 fully saturated rings. The molecule has 48 heavy (non-hydrogen) atoms. The largest absolute Gasteiger partial charge is 0.507 e. The quantitative estimate of drug-likeness (QED) is 0.0697. The van der Waals surface area contributed by atoms with Crippen molar-refractivity contribution in [1.82, 2.24) is 0 Å².